The van der Waals surface area contributed by atoms with Crippen molar-refractivity contribution in [2.24, 2.45) is 5.92 Å². The number of benzene rings is 1. The van der Waals surface area contributed by atoms with Crippen molar-refractivity contribution in [1.29, 1.82) is 0 Å². The van der Waals surface area contributed by atoms with Gasteiger partial charge in [-0.25, -0.2) is 0 Å². The highest BCUT2D eigenvalue weighted by atomic mass is 16.6. The molecule has 25 heavy (non-hydrogen) atoms. The molecule has 0 atom stereocenters. The second-order valence-corrected chi connectivity index (χ2v) is 6.50. The van der Waals surface area contributed by atoms with Crippen LogP contribution in [0.15, 0.2) is 18.2 Å². The zero-order valence-electron chi connectivity index (χ0n) is 14.5. The van der Waals surface area contributed by atoms with E-state index in [1.807, 2.05) is 4.90 Å². The standard InChI is InChI=1S/C17H23N3O5/c1-12-5-9-19(10-6-12)14-4-3-13(11-15(14)20(24)25)17(23)18(2)8-7-16(21)22/h3-4,11-12H,5-10H2,1-2H3,(H,21,22). The molecule has 1 fully saturated rings. The summed E-state index contributed by atoms with van der Waals surface area (Å²) in [6.45, 7) is 3.73. The number of hydrogen-bond donors (Lipinski definition) is 1. The molecular formula is C17H23N3O5. The minimum absolute atomic E-state index is 0.0493. The van der Waals surface area contributed by atoms with Gasteiger partial charge in [-0.3, -0.25) is 19.7 Å². The minimum atomic E-state index is -1.000. The molecule has 0 bridgehead atoms. The van der Waals surface area contributed by atoms with Crippen molar-refractivity contribution in [1.82, 2.24) is 4.90 Å². The fraction of sp³-hybridized carbons (Fsp3) is 0.529. The van der Waals surface area contributed by atoms with Gasteiger partial charge in [-0.2, -0.15) is 0 Å². The number of nitrogens with zero attached hydrogens (tertiary/aromatic N) is 3. The maximum Gasteiger partial charge on any atom is 0.305 e. The van der Waals surface area contributed by atoms with E-state index in [2.05, 4.69) is 6.92 Å². The van der Waals surface area contributed by atoms with Crippen molar-refractivity contribution in [3.63, 3.8) is 0 Å². The summed E-state index contributed by atoms with van der Waals surface area (Å²) >= 11 is 0. The lowest BCUT2D eigenvalue weighted by Gasteiger charge is -2.31. The Kier molecular flexibility index (Phi) is 5.95. The van der Waals surface area contributed by atoms with Crippen LogP contribution in [0.4, 0.5) is 11.4 Å². The molecule has 1 saturated heterocycles. The first-order chi connectivity index (χ1) is 11.8. The van der Waals surface area contributed by atoms with Gasteiger partial charge in [0.15, 0.2) is 0 Å². The van der Waals surface area contributed by atoms with Gasteiger partial charge in [0.1, 0.15) is 5.69 Å². The fourth-order valence-corrected chi connectivity index (χ4v) is 2.90. The van der Waals surface area contributed by atoms with Crippen molar-refractivity contribution in [2.45, 2.75) is 26.2 Å². The molecule has 0 aliphatic carbocycles. The smallest absolute Gasteiger partial charge is 0.305 e. The lowest BCUT2D eigenvalue weighted by atomic mass is 9.98. The minimum Gasteiger partial charge on any atom is -0.481 e. The SMILES string of the molecule is CC1CCN(c2ccc(C(=O)N(C)CCC(=O)O)cc2[N+](=O)[O-])CC1. The summed E-state index contributed by atoms with van der Waals surface area (Å²) < 4.78 is 0. The normalized spacial score (nSPS) is 15.0. The molecule has 8 nitrogen and oxygen atoms in total. The molecule has 1 aromatic carbocycles. The Morgan fingerprint density at radius 3 is 2.56 bits per heavy atom. The number of amides is 1. The molecule has 1 aromatic rings. The molecule has 1 aliphatic heterocycles. The van der Waals surface area contributed by atoms with Gasteiger partial charge in [0, 0.05) is 38.3 Å². The summed E-state index contributed by atoms with van der Waals surface area (Å²) in [4.78, 5) is 37.2. The molecule has 0 unspecified atom stereocenters. The summed E-state index contributed by atoms with van der Waals surface area (Å²) in [5.74, 6) is -0.817. The Morgan fingerprint density at radius 2 is 2.00 bits per heavy atom. The molecule has 0 aromatic heterocycles. The molecule has 1 amide bonds. The zero-order valence-corrected chi connectivity index (χ0v) is 14.5. The van der Waals surface area contributed by atoms with Crippen LogP contribution in [-0.4, -0.2) is 53.5 Å². The molecular weight excluding hydrogens is 326 g/mol. The molecule has 0 spiro atoms. The average molecular weight is 349 g/mol. The van der Waals surface area contributed by atoms with E-state index in [1.54, 1.807) is 12.1 Å². The number of hydrogen-bond acceptors (Lipinski definition) is 5. The lowest BCUT2D eigenvalue weighted by molar-refractivity contribution is -0.384. The third-order valence-electron chi connectivity index (χ3n) is 4.55. The predicted octanol–water partition coefficient (Wildman–Crippen LogP) is 2.38. The second-order valence-electron chi connectivity index (χ2n) is 6.50. The van der Waals surface area contributed by atoms with Gasteiger partial charge in [0.05, 0.1) is 11.3 Å². The van der Waals surface area contributed by atoms with E-state index in [0.29, 0.717) is 11.6 Å². The van der Waals surface area contributed by atoms with Gasteiger partial charge in [-0.05, 0) is 30.9 Å². The first-order valence-corrected chi connectivity index (χ1v) is 8.30. The van der Waals surface area contributed by atoms with E-state index in [9.17, 15) is 19.7 Å². The number of carbonyl (C=O) groups excluding carboxylic acids is 1. The van der Waals surface area contributed by atoms with Crippen LogP contribution in [0, 0.1) is 16.0 Å². The number of nitro groups is 1. The van der Waals surface area contributed by atoms with Gasteiger partial charge in [0.2, 0.25) is 0 Å². The Balaban J connectivity index is 2.21. The quantitative estimate of drug-likeness (QED) is 0.624. The van der Waals surface area contributed by atoms with E-state index in [-0.39, 0.29) is 24.2 Å². The van der Waals surface area contributed by atoms with Crippen molar-refractivity contribution >= 4 is 23.3 Å². The number of carboxylic acids is 1. The topological polar surface area (TPSA) is 104 Å². The van der Waals surface area contributed by atoms with Crippen LogP contribution in [0.1, 0.15) is 36.5 Å². The van der Waals surface area contributed by atoms with E-state index in [1.165, 1.54) is 18.0 Å². The van der Waals surface area contributed by atoms with Gasteiger partial charge in [0.25, 0.3) is 11.6 Å². The van der Waals surface area contributed by atoms with Gasteiger partial charge < -0.3 is 14.9 Å². The maximum absolute atomic E-state index is 12.4. The highest BCUT2D eigenvalue weighted by molar-refractivity contribution is 5.95. The van der Waals surface area contributed by atoms with Crippen LogP contribution < -0.4 is 4.90 Å². The Bertz CT molecular complexity index is 668. The van der Waals surface area contributed by atoms with Crippen molar-refractivity contribution in [3.8, 4) is 0 Å². The van der Waals surface area contributed by atoms with Gasteiger partial charge in [-0.15, -0.1) is 0 Å². The number of rotatable bonds is 6. The third kappa shape index (κ3) is 4.68. The molecule has 2 rings (SSSR count). The first-order valence-electron chi connectivity index (χ1n) is 8.30. The molecule has 0 saturated carbocycles. The molecule has 1 N–H and O–H groups in total. The molecule has 136 valence electrons. The number of anilines is 1. The summed E-state index contributed by atoms with van der Waals surface area (Å²) in [7, 11) is 1.48. The summed E-state index contributed by atoms with van der Waals surface area (Å²) in [5.41, 5.74) is 0.627. The number of nitro benzene ring substituents is 1. The second kappa shape index (κ2) is 7.96. The van der Waals surface area contributed by atoms with Crippen LogP contribution in [0.3, 0.4) is 0 Å². The van der Waals surface area contributed by atoms with Crippen molar-refractivity contribution in [2.75, 3.05) is 31.6 Å². The Hall–Kier alpha value is -2.64. The number of carboxylic acid groups (broad SMARTS) is 1. The van der Waals surface area contributed by atoms with E-state index < -0.39 is 16.8 Å². The number of aliphatic carboxylic acids is 1. The van der Waals surface area contributed by atoms with Crippen molar-refractivity contribution < 1.29 is 19.6 Å². The van der Waals surface area contributed by atoms with Crippen molar-refractivity contribution in [3.05, 3.63) is 33.9 Å². The highest BCUT2D eigenvalue weighted by Gasteiger charge is 2.25. The number of carbonyl (C=O) groups is 2. The van der Waals surface area contributed by atoms with E-state index in [0.717, 1.165) is 25.9 Å². The monoisotopic (exact) mass is 349 g/mol. The zero-order chi connectivity index (χ0) is 18.6. The predicted molar refractivity (Wildman–Crippen MR) is 92.9 cm³/mol. The third-order valence-corrected chi connectivity index (χ3v) is 4.55. The highest BCUT2D eigenvalue weighted by Crippen LogP contribution is 2.32. The Morgan fingerprint density at radius 1 is 1.36 bits per heavy atom. The maximum atomic E-state index is 12.4. The lowest BCUT2D eigenvalue weighted by Crippen LogP contribution is -2.33. The summed E-state index contributed by atoms with van der Waals surface area (Å²) in [6.07, 6.45) is 1.79. The van der Waals surface area contributed by atoms with E-state index in [4.69, 9.17) is 5.11 Å². The van der Waals surface area contributed by atoms with Gasteiger partial charge in [-0.1, -0.05) is 6.92 Å². The average Bonchev–Trinajstić information content (AvgIpc) is 2.59. The van der Waals surface area contributed by atoms with Crippen LogP contribution >= 0.6 is 0 Å². The number of piperidine rings is 1. The van der Waals surface area contributed by atoms with Crippen LogP contribution in [0.25, 0.3) is 0 Å². The molecule has 0 radical (unpaired) electrons. The van der Waals surface area contributed by atoms with Gasteiger partial charge >= 0.3 is 5.97 Å². The Labute approximate surface area is 146 Å². The van der Waals surface area contributed by atoms with E-state index >= 15 is 0 Å². The summed E-state index contributed by atoms with van der Waals surface area (Å²) in [5, 5.41) is 20.2. The molecule has 1 aliphatic rings. The molecule has 1 heterocycles. The fourth-order valence-electron chi connectivity index (χ4n) is 2.90. The summed E-state index contributed by atoms with van der Waals surface area (Å²) in [6, 6.07) is 4.47. The van der Waals surface area contributed by atoms with Crippen LogP contribution in [0.2, 0.25) is 0 Å². The first kappa shape index (κ1) is 18.7. The molecule has 8 heteroatoms. The van der Waals surface area contributed by atoms with Crippen LogP contribution in [-0.2, 0) is 4.79 Å². The largest absolute Gasteiger partial charge is 0.481 e. The van der Waals surface area contributed by atoms with Crippen LogP contribution in [0.5, 0.6) is 0 Å².